The number of aliphatic carboxylic acids is 1. The molecule has 8 heteroatoms. The van der Waals surface area contributed by atoms with Gasteiger partial charge in [0.2, 0.25) is 0 Å². The average molecular weight is 310 g/mol. The van der Waals surface area contributed by atoms with Gasteiger partial charge in [0.05, 0.1) is 21.3 Å². The van der Waals surface area contributed by atoms with Crippen molar-refractivity contribution in [3.8, 4) is 10.7 Å². The molecule has 0 bridgehead atoms. The summed E-state index contributed by atoms with van der Waals surface area (Å²) in [5, 5.41) is 18.9. The smallest absolute Gasteiger partial charge is 0.313 e. The summed E-state index contributed by atoms with van der Waals surface area (Å²) in [7, 11) is 0. The van der Waals surface area contributed by atoms with Crippen molar-refractivity contribution < 1.29 is 9.90 Å². The highest BCUT2D eigenvalue weighted by atomic mass is 32.2. The van der Waals surface area contributed by atoms with Crippen molar-refractivity contribution in [3.63, 3.8) is 0 Å². The highest BCUT2D eigenvalue weighted by Crippen LogP contribution is 2.42. The fraction of sp³-hybridized carbons (Fsp3) is 0.500. The van der Waals surface area contributed by atoms with Crippen molar-refractivity contribution in [2.75, 3.05) is 5.75 Å². The second kappa shape index (κ2) is 5.17. The zero-order valence-corrected chi connectivity index (χ0v) is 12.8. The predicted octanol–water partition coefficient (Wildman–Crippen LogP) is 2.53. The summed E-state index contributed by atoms with van der Waals surface area (Å²) >= 11 is 2.83. The molecule has 0 atom stereocenters. The average Bonchev–Trinajstić information content (AvgIpc) is 3.04. The van der Waals surface area contributed by atoms with Crippen LogP contribution < -0.4 is 0 Å². The maximum atomic E-state index is 10.7. The SMILES string of the molecule is Cc1nc(C)c(-c2nnc(SCC(=O)O)n2C2CC2)s1. The van der Waals surface area contributed by atoms with E-state index in [1.807, 2.05) is 13.8 Å². The molecule has 106 valence electrons. The van der Waals surface area contributed by atoms with Crippen LogP contribution in [0.25, 0.3) is 10.7 Å². The molecule has 1 aliphatic rings. The fourth-order valence-electron chi connectivity index (χ4n) is 2.06. The summed E-state index contributed by atoms with van der Waals surface area (Å²) in [6.45, 7) is 3.94. The van der Waals surface area contributed by atoms with Crippen molar-refractivity contribution in [2.45, 2.75) is 37.9 Å². The normalized spacial score (nSPS) is 14.7. The Labute approximate surface area is 124 Å². The Morgan fingerprint density at radius 2 is 2.20 bits per heavy atom. The van der Waals surface area contributed by atoms with Gasteiger partial charge in [-0.25, -0.2) is 4.98 Å². The van der Waals surface area contributed by atoms with Gasteiger partial charge < -0.3 is 5.11 Å². The maximum Gasteiger partial charge on any atom is 0.313 e. The molecule has 6 nitrogen and oxygen atoms in total. The van der Waals surface area contributed by atoms with Crippen LogP contribution in [-0.2, 0) is 4.79 Å². The van der Waals surface area contributed by atoms with Gasteiger partial charge in [0.1, 0.15) is 0 Å². The van der Waals surface area contributed by atoms with E-state index >= 15 is 0 Å². The first kappa shape index (κ1) is 13.6. The third kappa shape index (κ3) is 2.57. The Bertz CT molecular complexity index is 660. The fourth-order valence-corrected chi connectivity index (χ4v) is 3.68. The Morgan fingerprint density at radius 3 is 2.75 bits per heavy atom. The molecule has 2 aromatic heterocycles. The number of carboxylic acids is 1. The van der Waals surface area contributed by atoms with Gasteiger partial charge >= 0.3 is 5.97 Å². The Hall–Kier alpha value is -1.41. The lowest BCUT2D eigenvalue weighted by Gasteiger charge is -2.06. The lowest BCUT2D eigenvalue weighted by atomic mass is 10.3. The Morgan fingerprint density at radius 1 is 1.45 bits per heavy atom. The molecule has 20 heavy (non-hydrogen) atoms. The minimum atomic E-state index is -0.841. The number of nitrogens with zero attached hydrogens (tertiary/aromatic N) is 4. The molecule has 2 heterocycles. The first-order chi connectivity index (χ1) is 9.56. The zero-order valence-electron chi connectivity index (χ0n) is 11.2. The zero-order chi connectivity index (χ0) is 14.3. The van der Waals surface area contributed by atoms with E-state index in [0.717, 1.165) is 34.2 Å². The molecule has 1 N–H and O–H groups in total. The van der Waals surface area contributed by atoms with E-state index in [1.165, 1.54) is 11.8 Å². The molecule has 3 rings (SSSR count). The first-order valence-electron chi connectivity index (χ1n) is 6.30. The summed E-state index contributed by atoms with van der Waals surface area (Å²) in [5.74, 6) is -0.0128. The first-order valence-corrected chi connectivity index (χ1v) is 8.10. The highest BCUT2D eigenvalue weighted by Gasteiger charge is 2.31. The number of rotatable bonds is 5. The molecule has 1 aliphatic carbocycles. The van der Waals surface area contributed by atoms with E-state index in [-0.39, 0.29) is 5.75 Å². The van der Waals surface area contributed by atoms with Gasteiger partial charge in [0.25, 0.3) is 0 Å². The Kier molecular flexibility index (Phi) is 3.51. The summed E-state index contributed by atoms with van der Waals surface area (Å²) in [6, 6.07) is 0.401. The summed E-state index contributed by atoms with van der Waals surface area (Å²) in [6.07, 6.45) is 2.20. The van der Waals surface area contributed by atoms with E-state index < -0.39 is 5.97 Å². The topological polar surface area (TPSA) is 80.9 Å². The van der Waals surface area contributed by atoms with E-state index in [1.54, 1.807) is 11.3 Å². The van der Waals surface area contributed by atoms with Crippen LogP contribution in [0, 0.1) is 13.8 Å². The molecule has 2 aromatic rings. The predicted molar refractivity (Wildman–Crippen MR) is 77.2 cm³/mol. The molecule has 0 unspecified atom stereocenters. The van der Waals surface area contributed by atoms with Gasteiger partial charge in [0, 0.05) is 6.04 Å². The standard InChI is InChI=1S/C12H14N4O2S2/c1-6-10(20-7(2)13-6)11-14-15-12(19-5-9(17)18)16(11)8-3-4-8/h8H,3-5H2,1-2H3,(H,17,18). The number of aryl methyl sites for hydroxylation is 2. The lowest BCUT2D eigenvalue weighted by Crippen LogP contribution is -2.03. The summed E-state index contributed by atoms with van der Waals surface area (Å²) in [5.41, 5.74) is 0.955. The third-order valence-electron chi connectivity index (χ3n) is 3.01. The third-order valence-corrected chi connectivity index (χ3v) is 5.00. The molecule has 1 fully saturated rings. The highest BCUT2D eigenvalue weighted by molar-refractivity contribution is 7.99. The van der Waals surface area contributed by atoms with Gasteiger partial charge in [-0.1, -0.05) is 11.8 Å². The van der Waals surface area contributed by atoms with Gasteiger partial charge in [0.15, 0.2) is 11.0 Å². The van der Waals surface area contributed by atoms with Crippen LogP contribution in [-0.4, -0.2) is 36.6 Å². The summed E-state index contributed by atoms with van der Waals surface area (Å²) in [4.78, 5) is 16.2. The van der Waals surface area contributed by atoms with Crippen LogP contribution in [0.3, 0.4) is 0 Å². The molecule has 0 amide bonds. The van der Waals surface area contributed by atoms with Crippen LogP contribution >= 0.6 is 23.1 Å². The molecule has 0 aliphatic heterocycles. The number of thioether (sulfide) groups is 1. The largest absolute Gasteiger partial charge is 0.481 e. The molecule has 0 saturated heterocycles. The van der Waals surface area contributed by atoms with Crippen molar-refractivity contribution >= 4 is 29.1 Å². The minimum absolute atomic E-state index is 0.00551. The number of hydrogen-bond acceptors (Lipinski definition) is 6. The second-order valence-electron chi connectivity index (χ2n) is 4.74. The van der Waals surface area contributed by atoms with Gasteiger partial charge in [-0.2, -0.15) is 0 Å². The molecule has 0 radical (unpaired) electrons. The summed E-state index contributed by atoms with van der Waals surface area (Å²) < 4.78 is 2.08. The van der Waals surface area contributed by atoms with Crippen LogP contribution in [0.15, 0.2) is 5.16 Å². The molecular formula is C12H14N4O2S2. The molecular weight excluding hydrogens is 296 g/mol. The van der Waals surface area contributed by atoms with Crippen molar-refractivity contribution in [1.82, 2.24) is 19.7 Å². The number of carbonyl (C=O) groups is 1. The van der Waals surface area contributed by atoms with Crippen LogP contribution in [0.5, 0.6) is 0 Å². The van der Waals surface area contributed by atoms with Gasteiger partial charge in [-0.15, -0.1) is 21.5 Å². The van der Waals surface area contributed by atoms with E-state index in [4.69, 9.17) is 5.11 Å². The van der Waals surface area contributed by atoms with Crippen molar-refractivity contribution in [2.24, 2.45) is 0 Å². The lowest BCUT2D eigenvalue weighted by molar-refractivity contribution is -0.133. The molecule has 0 spiro atoms. The van der Waals surface area contributed by atoms with Crippen LogP contribution in [0.2, 0.25) is 0 Å². The molecule has 1 saturated carbocycles. The minimum Gasteiger partial charge on any atom is -0.481 e. The maximum absolute atomic E-state index is 10.7. The quantitative estimate of drug-likeness (QED) is 0.855. The van der Waals surface area contributed by atoms with Crippen molar-refractivity contribution in [1.29, 1.82) is 0 Å². The van der Waals surface area contributed by atoms with E-state index in [0.29, 0.717) is 11.2 Å². The number of carboxylic acid groups (broad SMARTS) is 1. The van der Waals surface area contributed by atoms with Crippen molar-refractivity contribution in [3.05, 3.63) is 10.7 Å². The molecule has 0 aromatic carbocycles. The van der Waals surface area contributed by atoms with E-state index in [2.05, 4.69) is 19.7 Å². The van der Waals surface area contributed by atoms with Gasteiger partial charge in [-0.05, 0) is 26.7 Å². The van der Waals surface area contributed by atoms with Crippen LogP contribution in [0.1, 0.15) is 29.6 Å². The van der Waals surface area contributed by atoms with E-state index in [9.17, 15) is 4.79 Å². The monoisotopic (exact) mass is 310 g/mol. The van der Waals surface area contributed by atoms with Crippen LogP contribution in [0.4, 0.5) is 0 Å². The number of hydrogen-bond donors (Lipinski definition) is 1. The van der Waals surface area contributed by atoms with Gasteiger partial charge in [-0.3, -0.25) is 9.36 Å². The Balaban J connectivity index is 1.99. The number of aromatic nitrogens is 4. The number of thiazole rings is 1. The second-order valence-corrected chi connectivity index (χ2v) is 6.88.